The SMILES string of the molecule is Cc1nccc2nc(-c3ccc4oc5nc(C(C)(C)C)ccc5c4c3)n(C(C)C)c12. The summed E-state index contributed by atoms with van der Waals surface area (Å²) in [7, 11) is 0. The number of nitrogens with zero attached hydrogens (tertiary/aromatic N) is 4. The first-order valence-corrected chi connectivity index (χ1v) is 10.4. The van der Waals surface area contributed by atoms with Gasteiger partial charge in [-0.3, -0.25) is 4.98 Å². The van der Waals surface area contributed by atoms with Gasteiger partial charge in [-0.15, -0.1) is 0 Å². The number of aryl methyl sites for hydroxylation is 1. The lowest BCUT2D eigenvalue weighted by molar-refractivity contribution is 0.562. The van der Waals surface area contributed by atoms with Crippen LogP contribution in [0.4, 0.5) is 0 Å². The summed E-state index contributed by atoms with van der Waals surface area (Å²) >= 11 is 0. The van der Waals surface area contributed by atoms with Gasteiger partial charge in [0.25, 0.3) is 0 Å². The summed E-state index contributed by atoms with van der Waals surface area (Å²) in [5, 5.41) is 2.09. The lowest BCUT2D eigenvalue weighted by atomic mass is 9.91. The summed E-state index contributed by atoms with van der Waals surface area (Å²) in [6, 6.07) is 12.7. The van der Waals surface area contributed by atoms with Crippen molar-refractivity contribution >= 4 is 33.1 Å². The second kappa shape index (κ2) is 6.39. The molecule has 0 N–H and O–H groups in total. The molecule has 0 aliphatic carbocycles. The third-order valence-corrected chi connectivity index (χ3v) is 5.66. The van der Waals surface area contributed by atoms with E-state index < -0.39 is 0 Å². The summed E-state index contributed by atoms with van der Waals surface area (Å²) < 4.78 is 8.36. The Morgan fingerprint density at radius 2 is 1.77 bits per heavy atom. The zero-order valence-corrected chi connectivity index (χ0v) is 18.3. The van der Waals surface area contributed by atoms with Crippen molar-refractivity contribution in [2.24, 2.45) is 0 Å². The van der Waals surface area contributed by atoms with Crippen LogP contribution in [0, 0.1) is 6.92 Å². The van der Waals surface area contributed by atoms with E-state index in [1.807, 2.05) is 25.3 Å². The average molecular weight is 399 g/mol. The molecule has 5 rings (SSSR count). The molecular formula is C25H26N4O. The molecule has 152 valence electrons. The van der Waals surface area contributed by atoms with Gasteiger partial charge in [0.1, 0.15) is 11.4 Å². The van der Waals surface area contributed by atoms with Crippen LogP contribution in [-0.2, 0) is 5.41 Å². The summed E-state index contributed by atoms with van der Waals surface area (Å²) in [5.41, 5.74) is 6.66. The molecule has 4 aromatic heterocycles. The molecule has 0 amide bonds. The molecule has 0 fully saturated rings. The van der Waals surface area contributed by atoms with Crippen LogP contribution in [-0.4, -0.2) is 19.5 Å². The topological polar surface area (TPSA) is 56.7 Å². The maximum absolute atomic E-state index is 6.09. The molecule has 30 heavy (non-hydrogen) atoms. The molecular weight excluding hydrogens is 372 g/mol. The largest absolute Gasteiger partial charge is 0.438 e. The van der Waals surface area contributed by atoms with Crippen LogP contribution in [0.25, 0.3) is 44.5 Å². The highest BCUT2D eigenvalue weighted by molar-refractivity contribution is 6.05. The fraction of sp³-hybridized carbons (Fsp3) is 0.320. The van der Waals surface area contributed by atoms with Gasteiger partial charge in [-0.25, -0.2) is 9.97 Å². The van der Waals surface area contributed by atoms with Crippen LogP contribution in [0.15, 0.2) is 47.0 Å². The number of rotatable bonds is 2. The van der Waals surface area contributed by atoms with E-state index in [2.05, 4.69) is 68.4 Å². The Kier molecular flexibility index (Phi) is 4.01. The van der Waals surface area contributed by atoms with Crippen molar-refractivity contribution < 1.29 is 4.42 Å². The van der Waals surface area contributed by atoms with Crippen molar-refractivity contribution in [3.05, 3.63) is 54.0 Å². The van der Waals surface area contributed by atoms with Gasteiger partial charge in [0.15, 0.2) is 0 Å². The molecule has 5 heteroatoms. The zero-order chi connectivity index (χ0) is 21.2. The number of aromatic nitrogens is 4. The minimum Gasteiger partial charge on any atom is -0.438 e. The molecule has 0 aliphatic heterocycles. The van der Waals surface area contributed by atoms with Crippen molar-refractivity contribution in [3.63, 3.8) is 0 Å². The highest BCUT2D eigenvalue weighted by Gasteiger charge is 2.20. The van der Waals surface area contributed by atoms with E-state index in [1.165, 1.54) is 0 Å². The lowest BCUT2D eigenvalue weighted by Gasteiger charge is -2.16. The van der Waals surface area contributed by atoms with Crippen LogP contribution in [0.2, 0.25) is 0 Å². The first kappa shape index (κ1) is 18.8. The van der Waals surface area contributed by atoms with Gasteiger partial charge in [-0.05, 0) is 57.2 Å². The van der Waals surface area contributed by atoms with Crippen LogP contribution in [0.1, 0.15) is 52.0 Å². The van der Waals surface area contributed by atoms with Gasteiger partial charge < -0.3 is 8.98 Å². The van der Waals surface area contributed by atoms with Crippen molar-refractivity contribution in [1.29, 1.82) is 0 Å². The normalized spacial score (nSPS) is 12.6. The first-order chi connectivity index (χ1) is 14.2. The molecule has 0 spiro atoms. The Labute approximate surface area is 175 Å². The van der Waals surface area contributed by atoms with E-state index in [-0.39, 0.29) is 11.5 Å². The minimum atomic E-state index is -0.0215. The predicted octanol–water partition coefficient (Wildman–Crippen LogP) is 6.58. The lowest BCUT2D eigenvalue weighted by Crippen LogP contribution is -2.12. The molecule has 5 nitrogen and oxygen atoms in total. The summed E-state index contributed by atoms with van der Waals surface area (Å²) in [5.74, 6) is 0.951. The van der Waals surface area contributed by atoms with E-state index >= 15 is 0 Å². The molecule has 0 saturated carbocycles. The minimum absolute atomic E-state index is 0.0215. The molecule has 0 unspecified atom stereocenters. The van der Waals surface area contributed by atoms with Gasteiger partial charge >= 0.3 is 0 Å². The maximum atomic E-state index is 6.09. The van der Waals surface area contributed by atoms with E-state index in [9.17, 15) is 0 Å². The van der Waals surface area contributed by atoms with Crippen LogP contribution >= 0.6 is 0 Å². The summed E-state index contributed by atoms with van der Waals surface area (Å²) in [4.78, 5) is 14.2. The quantitative estimate of drug-likeness (QED) is 0.337. The fourth-order valence-corrected chi connectivity index (χ4v) is 4.13. The number of hydrogen-bond acceptors (Lipinski definition) is 4. The van der Waals surface area contributed by atoms with E-state index in [0.29, 0.717) is 5.71 Å². The smallest absolute Gasteiger partial charge is 0.227 e. The molecule has 0 aliphatic rings. The van der Waals surface area contributed by atoms with Crippen LogP contribution in [0.5, 0.6) is 0 Å². The Bertz CT molecular complexity index is 1420. The molecule has 4 heterocycles. The monoisotopic (exact) mass is 398 g/mol. The third kappa shape index (κ3) is 2.80. The second-order valence-electron chi connectivity index (χ2n) is 9.28. The van der Waals surface area contributed by atoms with Crippen molar-refractivity contribution in [2.45, 2.75) is 53.0 Å². The maximum Gasteiger partial charge on any atom is 0.227 e. The van der Waals surface area contributed by atoms with E-state index in [1.54, 1.807) is 0 Å². The Hall–Kier alpha value is -3.21. The van der Waals surface area contributed by atoms with Crippen molar-refractivity contribution in [3.8, 4) is 11.4 Å². The highest BCUT2D eigenvalue weighted by atomic mass is 16.3. The zero-order valence-electron chi connectivity index (χ0n) is 18.3. The number of pyridine rings is 2. The van der Waals surface area contributed by atoms with Gasteiger partial charge in [0.2, 0.25) is 5.71 Å². The molecule has 5 aromatic rings. The van der Waals surface area contributed by atoms with Gasteiger partial charge in [0.05, 0.1) is 16.7 Å². The summed E-state index contributed by atoms with van der Waals surface area (Å²) in [6.45, 7) is 12.9. The molecule has 0 atom stereocenters. The Morgan fingerprint density at radius 1 is 0.967 bits per heavy atom. The number of hydrogen-bond donors (Lipinski definition) is 0. The van der Waals surface area contributed by atoms with E-state index in [0.717, 1.165) is 50.2 Å². The molecule has 1 aromatic carbocycles. The van der Waals surface area contributed by atoms with Gasteiger partial charge in [-0.2, -0.15) is 0 Å². The van der Waals surface area contributed by atoms with Gasteiger partial charge in [-0.1, -0.05) is 20.8 Å². The number of imidazole rings is 1. The average Bonchev–Trinajstić information content (AvgIpc) is 3.25. The van der Waals surface area contributed by atoms with Gasteiger partial charge in [0, 0.05) is 39.7 Å². The standard InChI is InChI=1S/C25H26N4O/c1-14(2)29-22-15(3)26-12-11-19(22)27-23(29)16-7-9-20-18(13-16)17-8-10-21(25(4,5)6)28-24(17)30-20/h7-14H,1-6H3. The van der Waals surface area contributed by atoms with Crippen LogP contribution < -0.4 is 0 Å². The van der Waals surface area contributed by atoms with Crippen molar-refractivity contribution in [1.82, 2.24) is 19.5 Å². The second-order valence-corrected chi connectivity index (χ2v) is 9.28. The molecule has 0 saturated heterocycles. The predicted molar refractivity (Wildman–Crippen MR) is 122 cm³/mol. The van der Waals surface area contributed by atoms with Crippen LogP contribution in [0.3, 0.4) is 0 Å². The first-order valence-electron chi connectivity index (χ1n) is 10.4. The molecule has 0 bridgehead atoms. The van der Waals surface area contributed by atoms with E-state index in [4.69, 9.17) is 14.4 Å². The Balaban J connectivity index is 1.75. The third-order valence-electron chi connectivity index (χ3n) is 5.66. The highest BCUT2D eigenvalue weighted by Crippen LogP contribution is 2.35. The Morgan fingerprint density at radius 3 is 2.50 bits per heavy atom. The van der Waals surface area contributed by atoms with Crippen molar-refractivity contribution in [2.75, 3.05) is 0 Å². The fourth-order valence-electron chi connectivity index (χ4n) is 4.13. The molecule has 0 radical (unpaired) electrons. The summed E-state index contributed by atoms with van der Waals surface area (Å²) in [6.07, 6.45) is 1.82. The number of fused-ring (bicyclic) bond motifs is 4. The number of benzene rings is 1. The number of furan rings is 1.